The molecule has 0 unspecified atom stereocenters. The van der Waals surface area contributed by atoms with Crippen LogP contribution in [0.4, 0.5) is 13.6 Å². The number of amides is 2. The van der Waals surface area contributed by atoms with E-state index >= 15 is 0 Å². The van der Waals surface area contributed by atoms with E-state index in [-0.39, 0.29) is 17.3 Å². The number of carbonyl (C=O) groups is 1. The number of benzene rings is 1. The van der Waals surface area contributed by atoms with Gasteiger partial charge in [0, 0.05) is 38.2 Å². The van der Waals surface area contributed by atoms with E-state index in [0.717, 1.165) is 37.0 Å². The van der Waals surface area contributed by atoms with Crippen molar-refractivity contribution in [2.24, 2.45) is 0 Å². The molecule has 2 N–H and O–H groups in total. The van der Waals surface area contributed by atoms with Crippen molar-refractivity contribution in [1.29, 1.82) is 0 Å². The second kappa shape index (κ2) is 18.1. The fraction of sp³-hybridized carbons (Fsp3) is 0.531. The molecule has 2 aromatic heterocycles. The molecule has 8 heteroatoms. The molecule has 0 aliphatic rings. The number of aryl methyl sites for hydroxylation is 1. The molecular weight excluding hydrogens is 546 g/mol. The summed E-state index contributed by atoms with van der Waals surface area (Å²) in [6, 6.07) is 11.1. The van der Waals surface area contributed by atoms with Crippen LogP contribution in [-0.4, -0.2) is 25.7 Å². The van der Waals surface area contributed by atoms with Gasteiger partial charge in [0.25, 0.3) is 0 Å². The van der Waals surface area contributed by atoms with Crippen molar-refractivity contribution < 1.29 is 18.3 Å². The minimum Gasteiger partial charge on any atom is -0.490 e. The van der Waals surface area contributed by atoms with Gasteiger partial charge in [-0.15, -0.1) is 22.7 Å². The van der Waals surface area contributed by atoms with Crippen LogP contribution in [0.5, 0.6) is 5.75 Å². The Bertz CT molecular complexity index is 1160. The van der Waals surface area contributed by atoms with Crippen molar-refractivity contribution in [3.63, 3.8) is 0 Å². The van der Waals surface area contributed by atoms with Gasteiger partial charge in [-0.05, 0) is 74.9 Å². The molecule has 220 valence electrons. The number of unbranched alkanes of at least 4 members (excludes halogenated alkanes) is 8. The Morgan fingerprint density at radius 1 is 0.700 bits per heavy atom. The number of carbonyl (C=O) groups excluding carboxylic acids is 1. The average molecular weight is 591 g/mol. The van der Waals surface area contributed by atoms with E-state index in [1.54, 1.807) is 17.4 Å². The van der Waals surface area contributed by atoms with Gasteiger partial charge in [-0.2, -0.15) is 4.39 Å². The van der Waals surface area contributed by atoms with E-state index in [0.29, 0.717) is 31.0 Å². The fourth-order valence-corrected chi connectivity index (χ4v) is 6.59. The fourth-order valence-electron chi connectivity index (χ4n) is 4.42. The summed E-state index contributed by atoms with van der Waals surface area (Å²) >= 11 is 3.26. The van der Waals surface area contributed by atoms with Gasteiger partial charge in [-0.3, -0.25) is 0 Å². The molecule has 0 radical (unpaired) electrons. The molecule has 4 nitrogen and oxygen atoms in total. The summed E-state index contributed by atoms with van der Waals surface area (Å²) in [5.74, 6) is -1.89. The van der Waals surface area contributed by atoms with Crippen molar-refractivity contribution in [3.8, 4) is 25.9 Å². The molecule has 0 atom stereocenters. The number of halogens is 2. The Hall–Kier alpha value is -2.45. The van der Waals surface area contributed by atoms with E-state index in [1.807, 2.05) is 12.1 Å². The zero-order valence-corrected chi connectivity index (χ0v) is 25.6. The van der Waals surface area contributed by atoms with E-state index in [4.69, 9.17) is 4.74 Å². The molecule has 40 heavy (non-hydrogen) atoms. The topological polar surface area (TPSA) is 50.4 Å². The van der Waals surface area contributed by atoms with Crippen LogP contribution in [0.3, 0.4) is 0 Å². The summed E-state index contributed by atoms with van der Waals surface area (Å²) in [6.45, 7) is 5.94. The van der Waals surface area contributed by atoms with Crippen LogP contribution in [0.15, 0.2) is 36.4 Å². The predicted octanol–water partition coefficient (Wildman–Crippen LogP) is 9.97. The van der Waals surface area contributed by atoms with E-state index in [1.165, 1.54) is 65.7 Å². The molecule has 0 aliphatic carbocycles. The summed E-state index contributed by atoms with van der Waals surface area (Å²) in [5.41, 5.74) is 0.257. The maximum Gasteiger partial charge on any atom is 0.314 e. The SMILES string of the molecule is CCCCCCNC(=O)NCCCCCOc1ccc(-c2ccc(-c3ccc(CCCCCC)s3)s2)c(F)c1F. The third kappa shape index (κ3) is 10.5. The molecule has 2 heterocycles. The van der Waals surface area contributed by atoms with Gasteiger partial charge in [-0.1, -0.05) is 52.4 Å². The van der Waals surface area contributed by atoms with E-state index in [2.05, 4.69) is 36.6 Å². The molecule has 0 spiro atoms. The molecule has 0 saturated carbocycles. The lowest BCUT2D eigenvalue weighted by molar-refractivity contribution is 0.240. The molecule has 0 fully saturated rings. The highest BCUT2D eigenvalue weighted by molar-refractivity contribution is 7.23. The lowest BCUT2D eigenvalue weighted by Gasteiger charge is -2.10. The van der Waals surface area contributed by atoms with E-state index in [9.17, 15) is 13.6 Å². The van der Waals surface area contributed by atoms with Crippen LogP contribution >= 0.6 is 22.7 Å². The van der Waals surface area contributed by atoms with Crippen molar-refractivity contribution in [2.45, 2.75) is 90.9 Å². The van der Waals surface area contributed by atoms with Crippen molar-refractivity contribution in [1.82, 2.24) is 10.6 Å². The normalized spacial score (nSPS) is 11.1. The van der Waals surface area contributed by atoms with Crippen molar-refractivity contribution in [3.05, 3.63) is 52.9 Å². The Balaban J connectivity index is 1.40. The van der Waals surface area contributed by atoms with Crippen LogP contribution in [0.2, 0.25) is 0 Å². The monoisotopic (exact) mass is 590 g/mol. The highest BCUT2D eigenvalue weighted by atomic mass is 32.1. The minimum atomic E-state index is -0.949. The average Bonchev–Trinajstić information content (AvgIpc) is 3.63. The van der Waals surface area contributed by atoms with Gasteiger partial charge in [0.1, 0.15) is 0 Å². The van der Waals surface area contributed by atoms with Crippen molar-refractivity contribution in [2.75, 3.05) is 19.7 Å². The number of ether oxygens (including phenoxy) is 1. The lowest BCUT2D eigenvalue weighted by Crippen LogP contribution is -2.36. The van der Waals surface area contributed by atoms with Gasteiger partial charge in [0.05, 0.1) is 6.61 Å². The number of hydrogen-bond acceptors (Lipinski definition) is 4. The number of hydrogen-bond donors (Lipinski definition) is 2. The van der Waals surface area contributed by atoms with Gasteiger partial charge in [0.2, 0.25) is 5.82 Å². The molecule has 3 rings (SSSR count). The van der Waals surface area contributed by atoms with Gasteiger partial charge in [0.15, 0.2) is 11.6 Å². The lowest BCUT2D eigenvalue weighted by atomic mass is 10.1. The van der Waals surface area contributed by atoms with Gasteiger partial charge >= 0.3 is 6.03 Å². The van der Waals surface area contributed by atoms with Gasteiger partial charge < -0.3 is 15.4 Å². The van der Waals surface area contributed by atoms with E-state index < -0.39 is 11.6 Å². The summed E-state index contributed by atoms with van der Waals surface area (Å²) in [7, 11) is 0. The Morgan fingerprint density at radius 2 is 1.32 bits per heavy atom. The summed E-state index contributed by atoms with van der Waals surface area (Å²) in [6.07, 6.45) is 12.9. The first-order valence-electron chi connectivity index (χ1n) is 14.8. The molecule has 1 aromatic carbocycles. The third-order valence-electron chi connectivity index (χ3n) is 6.78. The maximum absolute atomic E-state index is 15.0. The first-order valence-corrected chi connectivity index (χ1v) is 16.5. The number of urea groups is 1. The van der Waals surface area contributed by atoms with Gasteiger partial charge in [-0.25, -0.2) is 9.18 Å². The smallest absolute Gasteiger partial charge is 0.314 e. The number of thiophene rings is 2. The third-order valence-corrected chi connectivity index (χ3v) is 9.24. The summed E-state index contributed by atoms with van der Waals surface area (Å²) < 4.78 is 35.3. The molecular formula is C32H44F2N2O2S2. The minimum absolute atomic E-state index is 0.0652. The zero-order chi connectivity index (χ0) is 28.6. The van der Waals surface area contributed by atoms with Crippen molar-refractivity contribution >= 4 is 28.7 Å². The Morgan fingerprint density at radius 3 is 2.05 bits per heavy atom. The highest BCUT2D eigenvalue weighted by Gasteiger charge is 2.18. The first kappa shape index (κ1) is 32.1. The molecule has 0 bridgehead atoms. The van der Waals surface area contributed by atoms with Crippen LogP contribution in [0.1, 0.15) is 89.4 Å². The van der Waals surface area contributed by atoms with Crippen LogP contribution < -0.4 is 15.4 Å². The number of nitrogens with one attached hydrogen (secondary N) is 2. The summed E-state index contributed by atoms with van der Waals surface area (Å²) in [4.78, 5) is 16.1. The quantitative estimate of drug-likeness (QED) is 0.137. The van der Waals surface area contributed by atoms with Crippen LogP contribution in [0, 0.1) is 11.6 Å². The van der Waals surface area contributed by atoms with Crippen LogP contribution in [-0.2, 0) is 6.42 Å². The second-order valence-corrected chi connectivity index (χ2v) is 12.4. The first-order chi connectivity index (χ1) is 19.5. The standard InChI is InChI=1S/C32H44F2N2O2S2/c1-3-5-7-10-14-24-15-18-28(39-24)29-20-19-27(40-29)25-16-17-26(31(34)30(25)33)38-23-13-9-12-22-36-32(37)35-21-11-8-6-4-2/h15-20H,3-14,21-23H2,1-2H3,(H2,35,36,37). The van der Waals surface area contributed by atoms with Crippen LogP contribution in [0.25, 0.3) is 20.2 Å². The Labute approximate surface area is 246 Å². The predicted molar refractivity (Wildman–Crippen MR) is 166 cm³/mol. The summed E-state index contributed by atoms with van der Waals surface area (Å²) in [5, 5.41) is 5.71. The number of rotatable bonds is 19. The maximum atomic E-state index is 15.0. The Kier molecular flexibility index (Phi) is 14.5. The largest absolute Gasteiger partial charge is 0.490 e. The molecule has 2 amide bonds. The highest BCUT2D eigenvalue weighted by Crippen LogP contribution is 2.40. The molecule has 0 saturated heterocycles. The molecule has 3 aromatic rings. The molecule has 0 aliphatic heterocycles. The zero-order valence-electron chi connectivity index (χ0n) is 24.0. The second-order valence-electron chi connectivity index (χ2n) is 10.1.